The maximum Gasteiger partial charge on any atom is 0.339 e. The number of carbonyl (C=O) groups excluding carboxylic acids is 2. The lowest BCUT2D eigenvalue weighted by Crippen LogP contribution is -2.31. The number of pyridine rings is 1. The third kappa shape index (κ3) is 4.83. The molecule has 3 aromatic carbocycles. The number of rotatable bonds is 6. The second kappa shape index (κ2) is 9.43. The van der Waals surface area contributed by atoms with E-state index >= 15 is 0 Å². The Balaban J connectivity index is 1.52. The molecule has 0 saturated heterocycles. The van der Waals surface area contributed by atoms with E-state index in [1.54, 1.807) is 6.07 Å². The fraction of sp³-hybridized carbons (Fsp3) is 0.148. The van der Waals surface area contributed by atoms with Gasteiger partial charge in [0.05, 0.1) is 22.8 Å². The Bertz CT molecular complexity index is 1250. The number of aryl methyl sites for hydroxylation is 1. The molecule has 0 radical (unpaired) electrons. The summed E-state index contributed by atoms with van der Waals surface area (Å²) in [4.78, 5) is 30.0. The third-order valence-electron chi connectivity index (χ3n) is 5.29. The van der Waals surface area contributed by atoms with Crippen LogP contribution in [0.2, 0.25) is 0 Å². The van der Waals surface area contributed by atoms with Gasteiger partial charge in [0.25, 0.3) is 5.91 Å². The van der Waals surface area contributed by atoms with E-state index in [1.807, 2.05) is 92.7 Å². The highest BCUT2D eigenvalue weighted by atomic mass is 16.5. The zero-order chi connectivity index (χ0) is 22.5. The fourth-order valence-electron chi connectivity index (χ4n) is 3.53. The van der Waals surface area contributed by atoms with Crippen LogP contribution < -0.4 is 5.32 Å². The first-order chi connectivity index (χ1) is 15.5. The second-order valence-corrected chi connectivity index (χ2v) is 7.71. The molecule has 1 N–H and O–H groups in total. The smallest absolute Gasteiger partial charge is 0.339 e. The summed E-state index contributed by atoms with van der Waals surface area (Å²) in [5.74, 6) is -0.911. The summed E-state index contributed by atoms with van der Waals surface area (Å²) in [5.41, 5.74) is 4.79. The summed E-state index contributed by atoms with van der Waals surface area (Å²) in [5, 5.41) is 3.54. The van der Waals surface area contributed by atoms with Gasteiger partial charge in [0.15, 0.2) is 6.61 Å². The summed E-state index contributed by atoms with van der Waals surface area (Å²) in [6, 6.07) is 26.5. The van der Waals surface area contributed by atoms with Gasteiger partial charge in [0.2, 0.25) is 0 Å². The Labute approximate surface area is 187 Å². The van der Waals surface area contributed by atoms with Gasteiger partial charge in [-0.25, -0.2) is 9.78 Å². The van der Waals surface area contributed by atoms with Crippen LogP contribution >= 0.6 is 0 Å². The SMILES string of the molecule is Cc1ccc(-c2cc(C(=O)OCC(=O)NC(C)c3ccccc3)c3ccccc3n2)cc1. The molecule has 0 aliphatic rings. The zero-order valence-corrected chi connectivity index (χ0v) is 18.0. The molecular weight excluding hydrogens is 400 g/mol. The number of nitrogens with one attached hydrogen (secondary N) is 1. The lowest BCUT2D eigenvalue weighted by Gasteiger charge is -2.15. The predicted octanol–water partition coefficient (Wildman–Crippen LogP) is 5.24. The highest BCUT2D eigenvalue weighted by Gasteiger charge is 2.17. The molecule has 0 aliphatic heterocycles. The normalized spacial score (nSPS) is 11.7. The molecule has 0 saturated carbocycles. The van der Waals surface area contributed by atoms with Crippen molar-refractivity contribution in [2.75, 3.05) is 6.61 Å². The molecular formula is C27H24N2O3. The molecule has 0 bridgehead atoms. The van der Waals surface area contributed by atoms with Gasteiger partial charge in [-0.15, -0.1) is 0 Å². The van der Waals surface area contributed by atoms with E-state index in [1.165, 1.54) is 0 Å². The topological polar surface area (TPSA) is 68.3 Å². The molecule has 4 rings (SSSR count). The molecule has 0 spiro atoms. The van der Waals surface area contributed by atoms with Crippen LogP contribution in [0.25, 0.3) is 22.2 Å². The van der Waals surface area contributed by atoms with Crippen LogP contribution in [0.3, 0.4) is 0 Å². The van der Waals surface area contributed by atoms with Crippen LogP contribution in [0.4, 0.5) is 0 Å². The third-order valence-corrected chi connectivity index (χ3v) is 5.29. The van der Waals surface area contributed by atoms with Crippen LogP contribution in [0.15, 0.2) is 84.9 Å². The molecule has 5 heteroatoms. The number of esters is 1. The molecule has 32 heavy (non-hydrogen) atoms. The van der Waals surface area contributed by atoms with Crippen LogP contribution in [0, 0.1) is 6.92 Å². The van der Waals surface area contributed by atoms with E-state index in [2.05, 4.69) is 5.32 Å². The minimum absolute atomic E-state index is 0.183. The molecule has 0 aliphatic carbocycles. The van der Waals surface area contributed by atoms with Gasteiger partial charge in [0.1, 0.15) is 0 Å². The molecule has 1 atom stereocenters. The van der Waals surface area contributed by atoms with E-state index in [-0.39, 0.29) is 18.6 Å². The van der Waals surface area contributed by atoms with Crippen LogP contribution in [0.1, 0.15) is 34.5 Å². The molecule has 4 aromatic rings. The predicted molar refractivity (Wildman–Crippen MR) is 125 cm³/mol. The van der Waals surface area contributed by atoms with E-state index in [0.717, 1.165) is 16.7 Å². The van der Waals surface area contributed by atoms with Gasteiger partial charge >= 0.3 is 5.97 Å². The van der Waals surface area contributed by atoms with E-state index in [0.29, 0.717) is 22.2 Å². The van der Waals surface area contributed by atoms with Crippen LogP contribution in [0.5, 0.6) is 0 Å². The monoisotopic (exact) mass is 424 g/mol. The molecule has 1 aromatic heterocycles. The molecule has 5 nitrogen and oxygen atoms in total. The first-order valence-corrected chi connectivity index (χ1v) is 10.5. The Morgan fingerprint density at radius 3 is 2.38 bits per heavy atom. The Hall–Kier alpha value is -3.99. The lowest BCUT2D eigenvalue weighted by molar-refractivity contribution is -0.124. The van der Waals surface area contributed by atoms with Gasteiger partial charge in [-0.05, 0) is 31.5 Å². The lowest BCUT2D eigenvalue weighted by atomic mass is 10.0. The van der Waals surface area contributed by atoms with Crippen molar-refractivity contribution in [3.63, 3.8) is 0 Å². The largest absolute Gasteiger partial charge is 0.452 e. The van der Waals surface area contributed by atoms with Crippen molar-refractivity contribution in [1.29, 1.82) is 0 Å². The number of fused-ring (bicyclic) bond motifs is 1. The highest BCUT2D eigenvalue weighted by molar-refractivity contribution is 6.05. The van der Waals surface area contributed by atoms with Gasteiger partial charge < -0.3 is 10.1 Å². The molecule has 1 heterocycles. The molecule has 160 valence electrons. The van der Waals surface area contributed by atoms with Gasteiger partial charge in [-0.1, -0.05) is 78.4 Å². The van der Waals surface area contributed by atoms with Crippen molar-refractivity contribution in [3.05, 3.63) is 102 Å². The van der Waals surface area contributed by atoms with Gasteiger partial charge in [-0.3, -0.25) is 4.79 Å². The number of ether oxygens (including phenoxy) is 1. The van der Waals surface area contributed by atoms with E-state index in [4.69, 9.17) is 9.72 Å². The van der Waals surface area contributed by atoms with Crippen molar-refractivity contribution in [2.24, 2.45) is 0 Å². The number of hydrogen-bond donors (Lipinski definition) is 1. The zero-order valence-electron chi connectivity index (χ0n) is 18.0. The van der Waals surface area contributed by atoms with E-state index in [9.17, 15) is 9.59 Å². The number of nitrogens with zero attached hydrogens (tertiary/aromatic N) is 1. The summed E-state index contributed by atoms with van der Waals surface area (Å²) in [7, 11) is 0. The van der Waals surface area contributed by atoms with E-state index < -0.39 is 5.97 Å². The summed E-state index contributed by atoms with van der Waals surface area (Å²) < 4.78 is 5.37. The molecule has 1 amide bonds. The van der Waals surface area contributed by atoms with Crippen molar-refractivity contribution in [1.82, 2.24) is 10.3 Å². The Morgan fingerprint density at radius 2 is 1.62 bits per heavy atom. The van der Waals surface area contributed by atoms with Gasteiger partial charge in [-0.2, -0.15) is 0 Å². The van der Waals surface area contributed by atoms with Crippen LogP contribution in [-0.4, -0.2) is 23.5 Å². The number of hydrogen-bond acceptors (Lipinski definition) is 4. The van der Waals surface area contributed by atoms with Crippen molar-refractivity contribution in [3.8, 4) is 11.3 Å². The summed E-state index contributed by atoms with van der Waals surface area (Å²) in [6.07, 6.45) is 0. The van der Waals surface area contributed by atoms with Crippen LogP contribution in [-0.2, 0) is 9.53 Å². The Kier molecular flexibility index (Phi) is 6.26. The maximum absolute atomic E-state index is 12.9. The number of amides is 1. The fourth-order valence-corrected chi connectivity index (χ4v) is 3.53. The minimum atomic E-state index is -0.556. The second-order valence-electron chi connectivity index (χ2n) is 7.71. The summed E-state index contributed by atoms with van der Waals surface area (Å²) >= 11 is 0. The summed E-state index contributed by atoms with van der Waals surface area (Å²) in [6.45, 7) is 3.55. The molecule has 0 fully saturated rings. The number of benzene rings is 3. The van der Waals surface area contributed by atoms with Gasteiger partial charge in [0, 0.05) is 10.9 Å². The maximum atomic E-state index is 12.9. The Morgan fingerprint density at radius 1 is 0.938 bits per heavy atom. The van der Waals surface area contributed by atoms with Crippen molar-refractivity contribution >= 4 is 22.8 Å². The standard InChI is InChI=1S/C27H24N2O3/c1-18-12-14-21(15-13-18)25-16-23(22-10-6-7-11-24(22)29-25)27(31)32-17-26(30)28-19(2)20-8-4-3-5-9-20/h3-16,19H,17H2,1-2H3,(H,28,30). The first-order valence-electron chi connectivity index (χ1n) is 10.5. The van der Waals surface area contributed by atoms with Crippen molar-refractivity contribution in [2.45, 2.75) is 19.9 Å². The number of para-hydroxylation sites is 1. The minimum Gasteiger partial charge on any atom is -0.452 e. The molecule has 1 unspecified atom stereocenters. The number of aromatic nitrogens is 1. The van der Waals surface area contributed by atoms with Crippen molar-refractivity contribution < 1.29 is 14.3 Å². The number of carbonyl (C=O) groups is 2. The highest BCUT2D eigenvalue weighted by Crippen LogP contribution is 2.25. The average Bonchev–Trinajstić information content (AvgIpc) is 2.83. The average molecular weight is 425 g/mol. The quantitative estimate of drug-likeness (QED) is 0.430. The first kappa shape index (κ1) is 21.2.